The van der Waals surface area contributed by atoms with Gasteiger partial charge in [-0.15, -0.1) is 0 Å². The van der Waals surface area contributed by atoms with Crippen LogP contribution in [0.25, 0.3) is 0 Å². The van der Waals surface area contributed by atoms with Crippen molar-refractivity contribution < 1.29 is 0 Å². The van der Waals surface area contributed by atoms with Crippen molar-refractivity contribution >= 4 is 11.8 Å². The fourth-order valence-corrected chi connectivity index (χ4v) is 2.18. The lowest BCUT2D eigenvalue weighted by atomic mass is 10.2. The maximum Gasteiger partial charge on any atom is 0.101 e. The summed E-state index contributed by atoms with van der Waals surface area (Å²) >= 11 is 1.68. The predicted octanol–water partition coefficient (Wildman–Crippen LogP) is 2.95. The minimum atomic E-state index is 0.911. The molecule has 0 atom stereocenters. The highest BCUT2D eigenvalue weighted by Crippen LogP contribution is 2.25. The molecule has 16 heavy (non-hydrogen) atoms. The summed E-state index contributed by atoms with van der Waals surface area (Å²) in [6.07, 6.45) is 1.82. The van der Waals surface area contributed by atoms with Gasteiger partial charge in [0.25, 0.3) is 0 Å². The van der Waals surface area contributed by atoms with Gasteiger partial charge in [-0.1, -0.05) is 30.0 Å². The molecule has 2 nitrogen and oxygen atoms in total. The first-order chi connectivity index (χ1) is 7.88. The Morgan fingerprint density at radius 3 is 2.56 bits per heavy atom. The molecule has 0 saturated heterocycles. The van der Waals surface area contributed by atoms with E-state index in [0.29, 0.717) is 0 Å². The van der Waals surface area contributed by atoms with Crippen molar-refractivity contribution in [3.63, 3.8) is 0 Å². The van der Waals surface area contributed by atoms with E-state index in [2.05, 4.69) is 34.6 Å². The van der Waals surface area contributed by atoms with E-state index in [-0.39, 0.29) is 0 Å². The summed E-state index contributed by atoms with van der Waals surface area (Å²) in [5.41, 5.74) is 1.30. The first-order valence-corrected chi connectivity index (χ1v) is 6.02. The van der Waals surface area contributed by atoms with E-state index in [1.165, 1.54) is 10.5 Å². The van der Waals surface area contributed by atoms with Crippen LogP contribution in [0.4, 0.5) is 0 Å². The summed E-state index contributed by atoms with van der Waals surface area (Å²) < 4.78 is 0. The molecular formula is C13H14N2S. The fourth-order valence-electron chi connectivity index (χ4n) is 1.41. The average molecular weight is 230 g/mol. The molecule has 0 spiro atoms. The van der Waals surface area contributed by atoms with Crippen molar-refractivity contribution in [3.8, 4) is 0 Å². The van der Waals surface area contributed by atoms with Crippen LogP contribution in [0.3, 0.4) is 0 Å². The zero-order valence-corrected chi connectivity index (χ0v) is 10.00. The van der Waals surface area contributed by atoms with Gasteiger partial charge >= 0.3 is 0 Å². The minimum absolute atomic E-state index is 0.911. The quantitative estimate of drug-likeness (QED) is 0.874. The number of hydrogen-bond donors (Lipinski definition) is 1. The van der Waals surface area contributed by atoms with E-state index < -0.39 is 0 Å². The van der Waals surface area contributed by atoms with Crippen LogP contribution in [0.5, 0.6) is 0 Å². The van der Waals surface area contributed by atoms with Gasteiger partial charge in [-0.2, -0.15) is 0 Å². The Morgan fingerprint density at radius 1 is 1.12 bits per heavy atom. The van der Waals surface area contributed by atoms with E-state index in [9.17, 15) is 0 Å². The van der Waals surface area contributed by atoms with Crippen molar-refractivity contribution in [1.29, 1.82) is 0 Å². The van der Waals surface area contributed by atoms with Crippen molar-refractivity contribution in [2.45, 2.75) is 16.5 Å². The second-order valence-electron chi connectivity index (χ2n) is 3.44. The zero-order valence-electron chi connectivity index (χ0n) is 9.18. The van der Waals surface area contributed by atoms with E-state index in [4.69, 9.17) is 0 Å². The Bertz CT molecular complexity index is 425. The predicted molar refractivity (Wildman–Crippen MR) is 67.6 cm³/mol. The van der Waals surface area contributed by atoms with E-state index in [1.54, 1.807) is 11.8 Å². The monoisotopic (exact) mass is 230 g/mol. The normalized spacial score (nSPS) is 10.3. The maximum absolute atomic E-state index is 4.28. The molecule has 2 rings (SSSR count). The smallest absolute Gasteiger partial charge is 0.101 e. The van der Waals surface area contributed by atoms with Gasteiger partial charge < -0.3 is 5.32 Å². The summed E-state index contributed by atoms with van der Waals surface area (Å²) in [5, 5.41) is 4.17. The van der Waals surface area contributed by atoms with Gasteiger partial charge in [0.1, 0.15) is 5.03 Å². The van der Waals surface area contributed by atoms with Gasteiger partial charge in [0.15, 0.2) is 0 Å². The standard InChI is InChI=1S/C13H14N2S/c1-14-10-11-5-7-12(8-6-11)16-13-4-2-3-9-15-13/h2-9,14H,10H2,1H3. The third-order valence-electron chi connectivity index (χ3n) is 2.16. The molecule has 1 aromatic carbocycles. The fraction of sp³-hybridized carbons (Fsp3) is 0.154. The molecule has 1 heterocycles. The van der Waals surface area contributed by atoms with E-state index >= 15 is 0 Å². The van der Waals surface area contributed by atoms with Crippen molar-refractivity contribution in [2.75, 3.05) is 7.05 Å². The average Bonchev–Trinajstić information content (AvgIpc) is 2.33. The molecule has 0 amide bonds. The van der Waals surface area contributed by atoms with Gasteiger partial charge in [0.2, 0.25) is 0 Å². The molecule has 0 unspecified atom stereocenters. The summed E-state index contributed by atoms with van der Waals surface area (Å²) in [6.45, 7) is 0.911. The molecule has 0 aliphatic rings. The van der Waals surface area contributed by atoms with Gasteiger partial charge in [-0.25, -0.2) is 4.98 Å². The number of rotatable bonds is 4. The summed E-state index contributed by atoms with van der Waals surface area (Å²) in [5.74, 6) is 0. The lowest BCUT2D eigenvalue weighted by molar-refractivity contribution is 0.817. The Morgan fingerprint density at radius 2 is 1.94 bits per heavy atom. The molecule has 0 aliphatic heterocycles. The Kier molecular flexibility index (Phi) is 3.97. The molecule has 0 bridgehead atoms. The summed E-state index contributed by atoms with van der Waals surface area (Å²) in [6, 6.07) is 14.5. The number of aromatic nitrogens is 1. The van der Waals surface area contributed by atoms with Crippen LogP contribution in [0.15, 0.2) is 58.6 Å². The van der Waals surface area contributed by atoms with Gasteiger partial charge in [0.05, 0.1) is 0 Å². The van der Waals surface area contributed by atoms with Gasteiger partial charge in [-0.05, 0) is 36.9 Å². The van der Waals surface area contributed by atoms with Gasteiger partial charge in [-0.3, -0.25) is 0 Å². The van der Waals surface area contributed by atoms with Crippen molar-refractivity contribution in [1.82, 2.24) is 10.3 Å². The van der Waals surface area contributed by atoms with E-state index in [0.717, 1.165) is 11.6 Å². The number of hydrogen-bond acceptors (Lipinski definition) is 3. The summed E-state index contributed by atoms with van der Waals surface area (Å²) in [7, 11) is 1.95. The van der Waals surface area contributed by atoms with Crippen LogP contribution in [-0.2, 0) is 6.54 Å². The molecule has 1 N–H and O–H groups in total. The molecule has 0 aliphatic carbocycles. The van der Waals surface area contributed by atoms with Crippen LogP contribution >= 0.6 is 11.8 Å². The molecule has 82 valence electrons. The SMILES string of the molecule is CNCc1ccc(Sc2ccccn2)cc1. The highest BCUT2D eigenvalue weighted by molar-refractivity contribution is 7.99. The Hall–Kier alpha value is -1.32. The highest BCUT2D eigenvalue weighted by atomic mass is 32.2. The number of nitrogens with one attached hydrogen (secondary N) is 1. The van der Waals surface area contributed by atoms with Gasteiger partial charge in [0, 0.05) is 17.6 Å². The number of pyridine rings is 1. The number of nitrogens with zero attached hydrogens (tertiary/aromatic N) is 1. The molecule has 2 aromatic rings. The first kappa shape index (κ1) is 11.2. The van der Waals surface area contributed by atoms with E-state index in [1.807, 2.05) is 31.4 Å². The Labute approximate surface area is 100 Å². The van der Waals surface area contributed by atoms with Crippen LogP contribution in [0.2, 0.25) is 0 Å². The Balaban J connectivity index is 2.05. The van der Waals surface area contributed by atoms with Crippen molar-refractivity contribution in [2.24, 2.45) is 0 Å². The van der Waals surface area contributed by atoms with Crippen molar-refractivity contribution in [3.05, 3.63) is 54.2 Å². The van der Waals surface area contributed by atoms with Crippen LogP contribution < -0.4 is 5.32 Å². The third-order valence-corrected chi connectivity index (χ3v) is 3.12. The lowest BCUT2D eigenvalue weighted by Crippen LogP contribution is -2.04. The minimum Gasteiger partial charge on any atom is -0.316 e. The third kappa shape index (κ3) is 3.08. The second-order valence-corrected chi connectivity index (χ2v) is 4.54. The van der Waals surface area contributed by atoms with Crippen LogP contribution in [-0.4, -0.2) is 12.0 Å². The zero-order chi connectivity index (χ0) is 11.2. The molecular weight excluding hydrogens is 216 g/mol. The molecule has 0 radical (unpaired) electrons. The second kappa shape index (κ2) is 5.68. The summed E-state index contributed by atoms with van der Waals surface area (Å²) in [4.78, 5) is 5.50. The topological polar surface area (TPSA) is 24.9 Å². The largest absolute Gasteiger partial charge is 0.316 e. The first-order valence-electron chi connectivity index (χ1n) is 5.21. The molecule has 1 aromatic heterocycles. The molecule has 3 heteroatoms. The number of benzene rings is 1. The molecule has 0 fully saturated rings. The lowest BCUT2D eigenvalue weighted by Gasteiger charge is -2.03. The van der Waals surface area contributed by atoms with Crippen LogP contribution in [0, 0.1) is 0 Å². The van der Waals surface area contributed by atoms with Crippen LogP contribution in [0.1, 0.15) is 5.56 Å². The maximum atomic E-state index is 4.28. The molecule has 0 saturated carbocycles. The highest BCUT2D eigenvalue weighted by Gasteiger charge is 1.97.